The van der Waals surface area contributed by atoms with Crippen LogP contribution >= 0.6 is 39.7 Å². The highest BCUT2D eigenvalue weighted by molar-refractivity contribution is 9.10. The smallest absolute Gasteiger partial charge is 0.271 e. The highest BCUT2D eigenvalue weighted by Crippen LogP contribution is 2.27. The Kier molecular flexibility index (Phi) is 6.90. The molecule has 26 heavy (non-hydrogen) atoms. The normalized spacial score (nSPS) is 10.1. The van der Waals surface area contributed by atoms with Crippen molar-refractivity contribution in [2.45, 2.75) is 6.92 Å². The second-order valence-corrected chi connectivity index (χ2v) is 6.85. The lowest BCUT2D eigenvalue weighted by molar-refractivity contribution is -0.384. The van der Waals surface area contributed by atoms with Gasteiger partial charge in [-0.1, -0.05) is 33.6 Å². The van der Waals surface area contributed by atoms with E-state index in [2.05, 4.69) is 26.6 Å². The molecule has 2 aromatic rings. The van der Waals surface area contributed by atoms with Crippen molar-refractivity contribution < 1.29 is 14.5 Å². The molecule has 2 aromatic carbocycles. The minimum atomic E-state index is -0.512. The quantitative estimate of drug-likeness (QED) is 0.396. The predicted molar refractivity (Wildman–Crippen MR) is 107 cm³/mol. The summed E-state index contributed by atoms with van der Waals surface area (Å²) in [5.74, 6) is -0.136. The van der Waals surface area contributed by atoms with Gasteiger partial charge in [-0.05, 0) is 42.9 Å². The molecule has 0 aliphatic heterocycles. The van der Waals surface area contributed by atoms with Gasteiger partial charge in [0.2, 0.25) is 0 Å². The van der Waals surface area contributed by atoms with Crippen LogP contribution in [0.2, 0.25) is 5.02 Å². The number of carbonyl (C=O) groups is 1. The first-order valence-corrected chi connectivity index (χ1v) is 8.78. The van der Waals surface area contributed by atoms with Crippen LogP contribution in [-0.4, -0.2) is 22.5 Å². The van der Waals surface area contributed by atoms with Crippen LogP contribution in [0.4, 0.5) is 11.4 Å². The number of amides is 1. The molecule has 0 saturated carbocycles. The van der Waals surface area contributed by atoms with E-state index in [4.69, 9.17) is 28.6 Å². The number of nitrogens with one attached hydrogen (secondary N) is 2. The summed E-state index contributed by atoms with van der Waals surface area (Å²) in [4.78, 5) is 22.3. The predicted octanol–water partition coefficient (Wildman–Crippen LogP) is 4.21. The van der Waals surface area contributed by atoms with Gasteiger partial charge >= 0.3 is 0 Å². The number of carbonyl (C=O) groups excluding carboxylic acids is 1. The third-order valence-electron chi connectivity index (χ3n) is 3.19. The van der Waals surface area contributed by atoms with Gasteiger partial charge in [-0.3, -0.25) is 20.2 Å². The third kappa shape index (κ3) is 5.65. The summed E-state index contributed by atoms with van der Waals surface area (Å²) in [5, 5.41) is 16.4. The molecule has 0 aliphatic rings. The number of thiocarbonyl (C=S) groups is 1. The number of hydrogen-bond donors (Lipinski definition) is 2. The number of nitrogens with zero attached hydrogens (tertiary/aromatic N) is 1. The van der Waals surface area contributed by atoms with Crippen LogP contribution in [-0.2, 0) is 4.79 Å². The Labute approximate surface area is 168 Å². The number of benzene rings is 2. The van der Waals surface area contributed by atoms with Crippen molar-refractivity contribution in [1.29, 1.82) is 0 Å². The van der Waals surface area contributed by atoms with Crippen molar-refractivity contribution in [3.05, 3.63) is 61.6 Å². The van der Waals surface area contributed by atoms with Gasteiger partial charge in [0.1, 0.15) is 5.75 Å². The van der Waals surface area contributed by atoms with Crippen LogP contribution in [0.1, 0.15) is 5.56 Å². The summed E-state index contributed by atoms with van der Waals surface area (Å²) in [7, 11) is 0. The Bertz CT molecular complexity index is 879. The van der Waals surface area contributed by atoms with E-state index in [-0.39, 0.29) is 17.4 Å². The van der Waals surface area contributed by atoms with Gasteiger partial charge in [0.05, 0.1) is 9.95 Å². The van der Waals surface area contributed by atoms with E-state index in [9.17, 15) is 14.9 Å². The van der Waals surface area contributed by atoms with Gasteiger partial charge in [0.15, 0.2) is 11.7 Å². The summed E-state index contributed by atoms with van der Waals surface area (Å²) in [5.41, 5.74) is 1.09. The fraction of sp³-hybridized carbons (Fsp3) is 0.125. The monoisotopic (exact) mass is 457 g/mol. The molecule has 0 atom stereocenters. The summed E-state index contributed by atoms with van der Waals surface area (Å²) >= 11 is 14.3. The second kappa shape index (κ2) is 8.93. The van der Waals surface area contributed by atoms with Crippen LogP contribution in [0.3, 0.4) is 0 Å². The molecule has 0 spiro atoms. The van der Waals surface area contributed by atoms with Crippen molar-refractivity contribution in [1.82, 2.24) is 5.32 Å². The highest BCUT2D eigenvalue weighted by Gasteiger charge is 2.12. The average Bonchev–Trinajstić information content (AvgIpc) is 2.55. The number of nitro groups is 1. The number of halogens is 2. The summed E-state index contributed by atoms with van der Waals surface area (Å²) in [6.07, 6.45) is 0. The molecule has 0 aromatic heterocycles. The molecule has 136 valence electrons. The van der Waals surface area contributed by atoms with E-state index in [0.717, 1.165) is 10.0 Å². The zero-order chi connectivity index (χ0) is 19.3. The van der Waals surface area contributed by atoms with Crippen LogP contribution in [0, 0.1) is 17.0 Å². The number of hydrogen-bond acceptors (Lipinski definition) is 5. The molecule has 0 fully saturated rings. The molecule has 2 rings (SSSR count). The molecular weight excluding hydrogens is 446 g/mol. The van der Waals surface area contributed by atoms with Gasteiger partial charge in [0, 0.05) is 22.3 Å². The first kappa shape index (κ1) is 20.1. The van der Waals surface area contributed by atoms with E-state index >= 15 is 0 Å². The van der Waals surface area contributed by atoms with Gasteiger partial charge in [-0.25, -0.2) is 0 Å². The molecule has 1 amide bonds. The Morgan fingerprint density at radius 1 is 1.35 bits per heavy atom. The van der Waals surface area contributed by atoms with Gasteiger partial charge in [-0.15, -0.1) is 0 Å². The molecule has 2 N–H and O–H groups in total. The standard InChI is InChI=1S/C16H13BrClN3O4S/c1-9-2-4-11(21(23)24)7-13(9)19-16(26)20-15(22)8-25-14-5-3-10(17)6-12(14)18/h2-7H,8H2,1H3,(H2,19,20,22,26). The van der Waals surface area contributed by atoms with Gasteiger partial charge in [0.25, 0.3) is 11.6 Å². The zero-order valence-electron chi connectivity index (χ0n) is 13.4. The number of rotatable bonds is 5. The Morgan fingerprint density at radius 3 is 2.73 bits per heavy atom. The summed E-state index contributed by atoms with van der Waals surface area (Å²) in [6.45, 7) is 1.46. The lowest BCUT2D eigenvalue weighted by Crippen LogP contribution is -2.37. The fourth-order valence-electron chi connectivity index (χ4n) is 1.91. The van der Waals surface area contributed by atoms with E-state index in [1.54, 1.807) is 31.2 Å². The van der Waals surface area contributed by atoms with E-state index in [1.807, 2.05) is 0 Å². The minimum absolute atomic E-state index is 0.00380. The fourth-order valence-corrected chi connectivity index (χ4v) is 2.86. The Morgan fingerprint density at radius 2 is 2.08 bits per heavy atom. The van der Waals surface area contributed by atoms with Crippen molar-refractivity contribution in [3.63, 3.8) is 0 Å². The van der Waals surface area contributed by atoms with Crippen molar-refractivity contribution >= 4 is 62.1 Å². The molecular formula is C16H13BrClN3O4S. The van der Waals surface area contributed by atoms with Gasteiger partial charge in [-0.2, -0.15) is 0 Å². The first-order valence-electron chi connectivity index (χ1n) is 7.20. The number of ether oxygens (including phenoxy) is 1. The molecule has 10 heteroatoms. The SMILES string of the molecule is Cc1ccc([N+](=O)[O-])cc1NC(=S)NC(=O)COc1ccc(Br)cc1Cl. The summed E-state index contributed by atoms with van der Waals surface area (Å²) < 4.78 is 6.13. The van der Waals surface area contributed by atoms with E-state index < -0.39 is 10.8 Å². The molecule has 0 bridgehead atoms. The number of aryl methyl sites for hydroxylation is 1. The summed E-state index contributed by atoms with van der Waals surface area (Å²) in [6, 6.07) is 9.32. The molecule has 0 unspecified atom stereocenters. The Hall–Kier alpha value is -2.23. The van der Waals surface area contributed by atoms with E-state index in [1.165, 1.54) is 12.1 Å². The molecule has 0 aliphatic carbocycles. The number of non-ortho nitro benzene ring substituents is 1. The van der Waals surface area contributed by atoms with Crippen molar-refractivity contribution in [2.75, 3.05) is 11.9 Å². The minimum Gasteiger partial charge on any atom is -0.482 e. The van der Waals surface area contributed by atoms with E-state index in [0.29, 0.717) is 16.5 Å². The van der Waals surface area contributed by atoms with Crippen molar-refractivity contribution in [2.24, 2.45) is 0 Å². The zero-order valence-corrected chi connectivity index (χ0v) is 16.6. The molecule has 0 saturated heterocycles. The third-order valence-corrected chi connectivity index (χ3v) is 4.18. The largest absolute Gasteiger partial charge is 0.482 e. The van der Waals surface area contributed by atoms with Crippen LogP contribution in [0.5, 0.6) is 5.75 Å². The van der Waals surface area contributed by atoms with Crippen LogP contribution in [0.25, 0.3) is 0 Å². The maximum absolute atomic E-state index is 11.9. The maximum Gasteiger partial charge on any atom is 0.271 e. The Balaban J connectivity index is 1.92. The second-order valence-electron chi connectivity index (χ2n) is 5.12. The first-order chi connectivity index (χ1) is 12.3. The maximum atomic E-state index is 11.9. The highest BCUT2D eigenvalue weighted by atomic mass is 79.9. The molecule has 0 radical (unpaired) electrons. The number of anilines is 1. The topological polar surface area (TPSA) is 93.5 Å². The molecule has 7 nitrogen and oxygen atoms in total. The lowest BCUT2D eigenvalue weighted by atomic mass is 10.2. The van der Waals surface area contributed by atoms with Crippen LogP contribution in [0.15, 0.2) is 40.9 Å². The van der Waals surface area contributed by atoms with Gasteiger partial charge < -0.3 is 10.1 Å². The molecule has 0 heterocycles. The van der Waals surface area contributed by atoms with Crippen LogP contribution < -0.4 is 15.4 Å². The number of nitro benzene ring substituents is 1. The lowest BCUT2D eigenvalue weighted by Gasteiger charge is -2.12. The van der Waals surface area contributed by atoms with Crippen molar-refractivity contribution in [3.8, 4) is 5.75 Å². The average molecular weight is 459 g/mol.